The van der Waals surface area contributed by atoms with Crippen molar-refractivity contribution in [3.05, 3.63) is 47.5 Å². The molecule has 2 aromatic carbocycles. The van der Waals surface area contributed by atoms with Crippen molar-refractivity contribution in [2.45, 2.75) is 19.4 Å². The molecule has 0 aliphatic rings. The van der Waals surface area contributed by atoms with E-state index in [1.807, 2.05) is 19.1 Å². The van der Waals surface area contributed by atoms with Gasteiger partial charge in [-0.2, -0.15) is 0 Å². The van der Waals surface area contributed by atoms with Gasteiger partial charge in [0.25, 0.3) is 5.91 Å². The van der Waals surface area contributed by atoms with Gasteiger partial charge in [-0.25, -0.2) is 0 Å². The van der Waals surface area contributed by atoms with Crippen LogP contribution in [-0.2, 0) is 4.79 Å². The lowest BCUT2D eigenvalue weighted by Gasteiger charge is -2.18. The summed E-state index contributed by atoms with van der Waals surface area (Å²) in [6.07, 6.45) is -0.106. The molecule has 2 rings (SSSR count). The Morgan fingerprint density at radius 1 is 1.12 bits per heavy atom. The number of carbonyl (C=O) groups is 1. The maximum Gasteiger partial charge on any atom is 0.265 e. The fourth-order valence-electron chi connectivity index (χ4n) is 2.13. The molecule has 1 atom stereocenters. The highest BCUT2D eigenvalue weighted by Gasteiger charge is 2.19. The Hall–Kier alpha value is -2.40. The molecule has 5 nitrogen and oxygen atoms in total. The summed E-state index contributed by atoms with van der Waals surface area (Å²) >= 11 is 6.07. The first-order chi connectivity index (χ1) is 11.6. The van der Waals surface area contributed by atoms with Gasteiger partial charge in [-0.3, -0.25) is 4.79 Å². The lowest BCUT2D eigenvalue weighted by Crippen LogP contribution is -2.32. The van der Waals surface area contributed by atoms with Crippen molar-refractivity contribution < 1.29 is 19.0 Å². The van der Waals surface area contributed by atoms with Crippen LogP contribution in [0.2, 0.25) is 5.02 Å². The van der Waals surface area contributed by atoms with Crippen molar-refractivity contribution in [3.8, 4) is 17.2 Å². The molecule has 0 aliphatic heterocycles. The molecule has 0 bridgehead atoms. The Balaban J connectivity index is 2.06. The van der Waals surface area contributed by atoms with Gasteiger partial charge in [0, 0.05) is 11.8 Å². The predicted octanol–water partition coefficient (Wildman–Crippen LogP) is 4.15. The third-order valence-corrected chi connectivity index (χ3v) is 3.70. The van der Waals surface area contributed by atoms with Gasteiger partial charge in [-0.1, -0.05) is 24.6 Å². The second-order valence-electron chi connectivity index (χ2n) is 5.03. The minimum Gasteiger partial charge on any atom is -0.497 e. The number of benzene rings is 2. The molecule has 0 fully saturated rings. The summed E-state index contributed by atoms with van der Waals surface area (Å²) in [5, 5.41) is 3.23. The molecule has 0 heterocycles. The van der Waals surface area contributed by atoms with Crippen molar-refractivity contribution in [1.82, 2.24) is 0 Å². The highest BCUT2D eigenvalue weighted by Crippen LogP contribution is 2.27. The minimum atomic E-state index is -0.627. The standard InChI is InChI=1S/C18H20ClNO4/c1-4-16(24-14-7-5-6-13(11-14)22-2)18(21)20-12-8-9-17(23-3)15(19)10-12/h5-11,16H,4H2,1-3H3,(H,20,21)/t16-/m1/s1. The molecule has 0 aromatic heterocycles. The van der Waals surface area contributed by atoms with Crippen LogP contribution < -0.4 is 19.5 Å². The number of ether oxygens (including phenoxy) is 3. The Kier molecular flexibility index (Phi) is 6.32. The van der Waals surface area contributed by atoms with Gasteiger partial charge in [0.1, 0.15) is 17.2 Å². The largest absolute Gasteiger partial charge is 0.497 e. The SMILES string of the molecule is CC[C@@H](Oc1cccc(OC)c1)C(=O)Nc1ccc(OC)c(Cl)c1. The number of anilines is 1. The van der Waals surface area contributed by atoms with Crippen LogP contribution in [0.5, 0.6) is 17.2 Å². The van der Waals surface area contributed by atoms with Gasteiger partial charge in [0.05, 0.1) is 19.2 Å². The molecular weight excluding hydrogens is 330 g/mol. The summed E-state index contributed by atoms with van der Waals surface area (Å²) in [7, 11) is 3.12. The van der Waals surface area contributed by atoms with Crippen LogP contribution in [0.1, 0.15) is 13.3 Å². The minimum absolute atomic E-state index is 0.249. The zero-order valence-electron chi connectivity index (χ0n) is 13.8. The maximum atomic E-state index is 12.4. The molecule has 0 spiro atoms. The number of amides is 1. The van der Waals surface area contributed by atoms with E-state index in [2.05, 4.69) is 5.32 Å². The van der Waals surface area contributed by atoms with E-state index in [1.54, 1.807) is 37.4 Å². The van der Waals surface area contributed by atoms with Gasteiger partial charge >= 0.3 is 0 Å². The summed E-state index contributed by atoms with van der Waals surface area (Å²) in [5.41, 5.74) is 0.582. The van der Waals surface area contributed by atoms with Crippen molar-refractivity contribution >= 4 is 23.2 Å². The van der Waals surface area contributed by atoms with Gasteiger partial charge < -0.3 is 19.5 Å². The van der Waals surface area contributed by atoms with Crippen LogP contribution in [0.3, 0.4) is 0 Å². The fraction of sp³-hybridized carbons (Fsp3) is 0.278. The molecule has 2 aromatic rings. The van der Waals surface area contributed by atoms with E-state index in [4.69, 9.17) is 25.8 Å². The summed E-state index contributed by atoms with van der Waals surface area (Å²) in [4.78, 5) is 12.4. The lowest BCUT2D eigenvalue weighted by molar-refractivity contribution is -0.122. The molecule has 0 saturated carbocycles. The van der Waals surface area contributed by atoms with Crippen LogP contribution in [0.4, 0.5) is 5.69 Å². The van der Waals surface area contributed by atoms with E-state index in [9.17, 15) is 4.79 Å². The molecular formula is C18H20ClNO4. The third-order valence-electron chi connectivity index (χ3n) is 3.40. The fourth-order valence-corrected chi connectivity index (χ4v) is 2.39. The van der Waals surface area contributed by atoms with Crippen LogP contribution in [0, 0.1) is 0 Å². The molecule has 0 saturated heterocycles. The monoisotopic (exact) mass is 349 g/mol. The van der Waals surface area contributed by atoms with Gasteiger partial charge in [0.2, 0.25) is 0 Å². The molecule has 128 valence electrons. The summed E-state index contributed by atoms with van der Waals surface area (Å²) in [6, 6.07) is 12.2. The second kappa shape index (κ2) is 8.45. The van der Waals surface area contributed by atoms with Crippen LogP contribution in [0.25, 0.3) is 0 Å². The number of hydrogen-bond donors (Lipinski definition) is 1. The van der Waals surface area contributed by atoms with Crippen molar-refractivity contribution in [3.63, 3.8) is 0 Å². The van der Waals surface area contributed by atoms with E-state index < -0.39 is 6.10 Å². The quantitative estimate of drug-likeness (QED) is 0.815. The summed E-state index contributed by atoms with van der Waals surface area (Å²) in [6.45, 7) is 1.88. The topological polar surface area (TPSA) is 56.8 Å². The van der Waals surface area contributed by atoms with Crippen molar-refractivity contribution in [2.75, 3.05) is 19.5 Å². The van der Waals surface area contributed by atoms with Crippen molar-refractivity contribution in [2.24, 2.45) is 0 Å². The smallest absolute Gasteiger partial charge is 0.265 e. The maximum absolute atomic E-state index is 12.4. The Morgan fingerprint density at radius 3 is 2.50 bits per heavy atom. The average Bonchev–Trinajstić information content (AvgIpc) is 2.60. The number of methoxy groups -OCH3 is 2. The molecule has 1 amide bonds. The molecule has 24 heavy (non-hydrogen) atoms. The molecule has 0 radical (unpaired) electrons. The number of hydrogen-bond acceptors (Lipinski definition) is 4. The first-order valence-electron chi connectivity index (χ1n) is 7.52. The average molecular weight is 350 g/mol. The molecule has 0 unspecified atom stereocenters. The van der Waals surface area contributed by atoms with Gasteiger partial charge in [-0.15, -0.1) is 0 Å². The molecule has 1 N–H and O–H groups in total. The molecule has 6 heteroatoms. The normalized spacial score (nSPS) is 11.5. The van der Waals surface area contributed by atoms with Crippen molar-refractivity contribution in [1.29, 1.82) is 0 Å². The first kappa shape index (κ1) is 17.9. The van der Waals surface area contributed by atoms with E-state index >= 15 is 0 Å². The zero-order chi connectivity index (χ0) is 17.5. The van der Waals surface area contributed by atoms with E-state index in [0.717, 1.165) is 0 Å². The Morgan fingerprint density at radius 2 is 1.88 bits per heavy atom. The van der Waals surface area contributed by atoms with E-state index in [0.29, 0.717) is 34.4 Å². The Labute approximate surface area is 146 Å². The van der Waals surface area contributed by atoms with Crippen LogP contribution in [0.15, 0.2) is 42.5 Å². The van der Waals surface area contributed by atoms with Crippen LogP contribution in [-0.4, -0.2) is 26.2 Å². The third kappa shape index (κ3) is 4.55. The highest BCUT2D eigenvalue weighted by atomic mass is 35.5. The van der Waals surface area contributed by atoms with Crippen LogP contribution >= 0.6 is 11.6 Å². The number of rotatable bonds is 7. The second-order valence-corrected chi connectivity index (χ2v) is 5.44. The van der Waals surface area contributed by atoms with E-state index in [-0.39, 0.29) is 5.91 Å². The number of carbonyl (C=O) groups excluding carboxylic acids is 1. The number of halogens is 1. The lowest BCUT2D eigenvalue weighted by atomic mass is 10.2. The summed E-state index contributed by atoms with van der Waals surface area (Å²) in [5.74, 6) is 1.55. The molecule has 0 aliphatic carbocycles. The van der Waals surface area contributed by atoms with Gasteiger partial charge in [0.15, 0.2) is 6.10 Å². The Bertz CT molecular complexity index is 705. The first-order valence-corrected chi connectivity index (χ1v) is 7.90. The van der Waals surface area contributed by atoms with Gasteiger partial charge in [-0.05, 0) is 36.8 Å². The predicted molar refractivity (Wildman–Crippen MR) is 94.3 cm³/mol. The number of nitrogens with one attached hydrogen (secondary N) is 1. The highest BCUT2D eigenvalue weighted by molar-refractivity contribution is 6.32. The summed E-state index contributed by atoms with van der Waals surface area (Å²) < 4.78 is 16.0. The van der Waals surface area contributed by atoms with E-state index in [1.165, 1.54) is 7.11 Å². The zero-order valence-corrected chi connectivity index (χ0v) is 14.6.